The number of hydrogen-bond acceptors (Lipinski definition) is 3. The van der Waals surface area contributed by atoms with E-state index in [0.29, 0.717) is 11.3 Å². The second-order valence-electron chi connectivity index (χ2n) is 12.1. The number of para-hydroxylation sites is 4. The lowest BCUT2D eigenvalue weighted by Gasteiger charge is -2.16. The van der Waals surface area contributed by atoms with Gasteiger partial charge in [0.15, 0.2) is 0 Å². The molecule has 0 amide bonds. The average Bonchev–Trinajstić information content (AvgIpc) is 3.79. The van der Waals surface area contributed by atoms with Gasteiger partial charge >= 0.3 is 0 Å². The summed E-state index contributed by atoms with van der Waals surface area (Å²) in [5.41, 5.74) is 17.7. The van der Waals surface area contributed by atoms with Crippen molar-refractivity contribution in [3.8, 4) is 28.6 Å². The normalized spacial score (nSPS) is 11.6. The standard InChI is InChI=1S/C43H24N4O/c44-25-26-20-22-38-34(24-26)28-12-4-6-18-36(28)47(38)41-29(14-9-17-35(41)45)30-15-8-16-31-32-21-23-39-40(43(32)48-42(30)31)33-13-5-7-19-37(33)46(39)27-10-2-1-3-11-27/h1-4,6-12,14-24H,45H2. The maximum Gasteiger partial charge on any atom is 0.146 e. The van der Waals surface area contributed by atoms with E-state index in [4.69, 9.17) is 10.2 Å². The molecule has 0 bridgehead atoms. The molecule has 3 heterocycles. The van der Waals surface area contributed by atoms with E-state index in [9.17, 15) is 5.26 Å². The molecular weight excluding hydrogens is 589 g/mol. The van der Waals surface area contributed by atoms with Crippen LogP contribution in [0.25, 0.3) is 88.1 Å². The first-order chi connectivity index (χ1) is 23.7. The van der Waals surface area contributed by atoms with Gasteiger partial charge < -0.3 is 19.3 Å². The van der Waals surface area contributed by atoms with Crippen LogP contribution in [0.5, 0.6) is 0 Å². The molecule has 10 aromatic rings. The first-order valence-electron chi connectivity index (χ1n) is 15.8. The third kappa shape index (κ3) is 3.50. The van der Waals surface area contributed by atoms with E-state index in [1.54, 1.807) is 0 Å². The van der Waals surface area contributed by atoms with Crippen LogP contribution in [-0.4, -0.2) is 9.13 Å². The van der Waals surface area contributed by atoms with Gasteiger partial charge in [-0.15, -0.1) is 0 Å². The summed E-state index contributed by atoms with van der Waals surface area (Å²) in [5, 5.41) is 15.8. The first-order valence-corrected chi connectivity index (χ1v) is 15.8. The lowest BCUT2D eigenvalue weighted by molar-refractivity contribution is 0.674. The quantitative estimate of drug-likeness (QED) is 0.202. The Hall–Kier alpha value is -6.95. The second kappa shape index (κ2) is 9.77. The van der Waals surface area contributed by atoms with Gasteiger partial charge in [0.25, 0.3) is 0 Å². The summed E-state index contributed by atoms with van der Waals surface area (Å²) < 4.78 is 11.5. The van der Waals surface area contributed by atoms with Gasteiger partial charge in [0.2, 0.25) is 0 Å². The number of fused-ring (bicyclic) bond motifs is 10. The van der Waals surface area contributed by atoms with Crippen LogP contribution in [0.2, 0.25) is 0 Å². The Morgan fingerprint density at radius 1 is 0.604 bits per heavy atom. The number of furan rings is 1. The molecule has 0 saturated heterocycles. The maximum atomic E-state index is 9.68. The topological polar surface area (TPSA) is 72.8 Å². The number of nitrogens with zero attached hydrogens (tertiary/aromatic N) is 3. The molecule has 0 atom stereocenters. The summed E-state index contributed by atoms with van der Waals surface area (Å²) in [6.07, 6.45) is 0. The molecule has 222 valence electrons. The second-order valence-corrected chi connectivity index (χ2v) is 12.1. The average molecular weight is 613 g/mol. The third-order valence-electron chi connectivity index (χ3n) is 9.55. The van der Waals surface area contributed by atoms with Gasteiger partial charge in [-0.2, -0.15) is 5.26 Å². The summed E-state index contributed by atoms with van der Waals surface area (Å²) in [6.45, 7) is 0. The van der Waals surface area contributed by atoms with Crippen LogP contribution < -0.4 is 5.73 Å². The summed E-state index contributed by atoms with van der Waals surface area (Å²) in [4.78, 5) is 0. The largest absolute Gasteiger partial charge is 0.455 e. The highest BCUT2D eigenvalue weighted by molar-refractivity contribution is 6.24. The van der Waals surface area contributed by atoms with Gasteiger partial charge in [-0.05, 0) is 66.7 Å². The Balaban J connectivity index is 1.30. The zero-order chi connectivity index (χ0) is 31.9. The van der Waals surface area contributed by atoms with Gasteiger partial charge in [-0.3, -0.25) is 0 Å². The smallest absolute Gasteiger partial charge is 0.146 e. The maximum absolute atomic E-state index is 9.68. The van der Waals surface area contributed by atoms with Gasteiger partial charge in [-0.25, -0.2) is 0 Å². The molecule has 0 fully saturated rings. The van der Waals surface area contributed by atoms with Gasteiger partial charge in [0.1, 0.15) is 11.2 Å². The molecule has 5 nitrogen and oxygen atoms in total. The molecule has 0 spiro atoms. The fourth-order valence-electron chi connectivity index (χ4n) is 7.55. The predicted octanol–water partition coefficient (Wildman–Crippen LogP) is 10.5. The van der Waals surface area contributed by atoms with Crippen molar-refractivity contribution in [2.24, 2.45) is 0 Å². The molecule has 0 aliphatic heterocycles. The highest BCUT2D eigenvalue weighted by Crippen LogP contribution is 2.45. The molecule has 0 aliphatic carbocycles. The van der Waals surface area contributed by atoms with E-state index in [1.165, 1.54) is 0 Å². The van der Waals surface area contributed by atoms with Crippen molar-refractivity contribution < 1.29 is 4.42 Å². The summed E-state index contributed by atoms with van der Waals surface area (Å²) in [5.74, 6) is 0. The zero-order valence-corrected chi connectivity index (χ0v) is 25.5. The SMILES string of the molecule is N#Cc1ccc2c(c1)c1ccccc1n2-c1c(N)cccc1-c1cccc2c1oc1c2ccc2c1c1c#cccc1n2-c1ccccc1. The highest BCUT2D eigenvalue weighted by atomic mass is 16.3. The van der Waals surface area contributed by atoms with Gasteiger partial charge in [-0.1, -0.05) is 78.9 Å². The van der Waals surface area contributed by atoms with E-state index in [0.717, 1.165) is 88.1 Å². The Morgan fingerprint density at radius 2 is 1.35 bits per heavy atom. The van der Waals surface area contributed by atoms with Crippen molar-refractivity contribution in [3.05, 3.63) is 151 Å². The molecular formula is C43H24N4O. The number of rotatable bonds is 3. The number of nitriles is 1. The van der Waals surface area contributed by atoms with Crippen LogP contribution in [0, 0.1) is 23.5 Å². The minimum Gasteiger partial charge on any atom is -0.455 e. The monoisotopic (exact) mass is 612 g/mol. The lowest BCUT2D eigenvalue weighted by Crippen LogP contribution is -2.02. The van der Waals surface area contributed by atoms with Crippen molar-refractivity contribution >= 4 is 71.2 Å². The van der Waals surface area contributed by atoms with Crippen LogP contribution in [0.15, 0.2) is 138 Å². The summed E-state index contributed by atoms with van der Waals surface area (Å²) >= 11 is 0. The fourth-order valence-corrected chi connectivity index (χ4v) is 7.55. The number of benzene rings is 6. The minimum absolute atomic E-state index is 0.619. The van der Waals surface area contributed by atoms with Crippen molar-refractivity contribution in [1.82, 2.24) is 9.13 Å². The number of anilines is 1. The molecule has 0 unspecified atom stereocenters. The van der Waals surface area contributed by atoms with Crippen LogP contribution in [0.4, 0.5) is 5.69 Å². The molecule has 2 N–H and O–H groups in total. The van der Waals surface area contributed by atoms with Crippen LogP contribution in [0.3, 0.4) is 0 Å². The van der Waals surface area contributed by atoms with Crippen molar-refractivity contribution in [3.63, 3.8) is 0 Å². The fraction of sp³-hybridized carbons (Fsp3) is 0. The van der Waals surface area contributed by atoms with E-state index in [-0.39, 0.29) is 0 Å². The highest BCUT2D eigenvalue weighted by Gasteiger charge is 2.23. The molecule has 7 aromatic carbocycles. The van der Waals surface area contributed by atoms with Gasteiger partial charge in [0, 0.05) is 38.4 Å². The molecule has 0 aliphatic rings. The molecule has 0 saturated carbocycles. The molecule has 3 aromatic heterocycles. The molecule has 5 heteroatoms. The third-order valence-corrected chi connectivity index (χ3v) is 9.55. The molecule has 0 radical (unpaired) electrons. The number of aromatic nitrogens is 2. The van der Waals surface area contributed by atoms with Gasteiger partial charge in [0.05, 0.1) is 55.8 Å². The first kappa shape index (κ1) is 26.3. The number of nitrogens with two attached hydrogens (primary N) is 1. The Kier molecular flexibility index (Phi) is 5.35. The van der Waals surface area contributed by atoms with E-state index < -0.39 is 0 Å². The predicted molar refractivity (Wildman–Crippen MR) is 195 cm³/mol. The van der Waals surface area contributed by atoms with Crippen molar-refractivity contribution in [2.75, 3.05) is 5.73 Å². The van der Waals surface area contributed by atoms with E-state index >= 15 is 0 Å². The number of hydrogen-bond donors (Lipinski definition) is 1. The minimum atomic E-state index is 0.619. The molecule has 48 heavy (non-hydrogen) atoms. The lowest BCUT2D eigenvalue weighted by atomic mass is 9.99. The van der Waals surface area contributed by atoms with Crippen molar-refractivity contribution in [2.45, 2.75) is 0 Å². The van der Waals surface area contributed by atoms with E-state index in [1.807, 2.05) is 54.6 Å². The van der Waals surface area contributed by atoms with Crippen LogP contribution in [0.1, 0.15) is 5.56 Å². The Bertz CT molecular complexity index is 2970. The zero-order valence-electron chi connectivity index (χ0n) is 25.5. The van der Waals surface area contributed by atoms with Crippen LogP contribution in [-0.2, 0) is 0 Å². The Morgan fingerprint density at radius 3 is 2.25 bits per heavy atom. The van der Waals surface area contributed by atoms with Crippen LogP contribution >= 0.6 is 0 Å². The summed E-state index contributed by atoms with van der Waals surface area (Å²) in [7, 11) is 0. The van der Waals surface area contributed by atoms with Crippen molar-refractivity contribution in [1.29, 1.82) is 5.26 Å². The Labute approximate surface area is 274 Å². The summed E-state index contributed by atoms with van der Waals surface area (Å²) in [6, 6.07) is 54.0. The molecule has 10 rings (SSSR count). The van der Waals surface area contributed by atoms with E-state index in [2.05, 4.69) is 106 Å². The number of nitrogen functional groups attached to an aromatic ring is 1.